The summed E-state index contributed by atoms with van der Waals surface area (Å²) in [5, 5.41) is 0. The lowest BCUT2D eigenvalue weighted by molar-refractivity contribution is -0.0719. The third kappa shape index (κ3) is 3.23. The van der Waals surface area contributed by atoms with Gasteiger partial charge >= 0.3 is 0 Å². The molecular weight excluding hydrogens is 240 g/mol. The summed E-state index contributed by atoms with van der Waals surface area (Å²) in [5.41, 5.74) is 2.10. The number of carbonyl (C=O) groups excluding carboxylic acids is 1. The third-order valence-corrected chi connectivity index (χ3v) is 3.94. The van der Waals surface area contributed by atoms with Gasteiger partial charge in [-0.15, -0.1) is 0 Å². The number of carbonyl (C=O) groups is 1. The summed E-state index contributed by atoms with van der Waals surface area (Å²) in [6, 6.07) is 7.88. The van der Waals surface area contributed by atoms with Crippen LogP contribution in [0.25, 0.3) is 0 Å². The van der Waals surface area contributed by atoms with Gasteiger partial charge in [-0.05, 0) is 17.4 Å². The summed E-state index contributed by atoms with van der Waals surface area (Å²) in [4.78, 5) is 12.2. The van der Waals surface area contributed by atoms with E-state index in [-0.39, 0.29) is 11.2 Å². The summed E-state index contributed by atoms with van der Waals surface area (Å²) in [5.74, 6) is 0.0144. The van der Waals surface area contributed by atoms with Crippen molar-refractivity contribution in [3.63, 3.8) is 0 Å². The van der Waals surface area contributed by atoms with Crippen molar-refractivity contribution in [2.24, 2.45) is 0 Å². The van der Waals surface area contributed by atoms with Crippen molar-refractivity contribution >= 4 is 5.78 Å². The zero-order valence-corrected chi connectivity index (χ0v) is 11.9. The SMILES string of the molecule is CCC(C)(C)c1ccc(C(=O)C2COCCO2)cc1. The Balaban J connectivity index is 2.11. The highest BCUT2D eigenvalue weighted by atomic mass is 16.6. The number of ether oxygens (including phenoxy) is 2. The van der Waals surface area contributed by atoms with Crippen LogP contribution in [0.1, 0.15) is 43.1 Å². The van der Waals surface area contributed by atoms with Crippen molar-refractivity contribution < 1.29 is 14.3 Å². The first kappa shape index (κ1) is 14.2. The van der Waals surface area contributed by atoms with Crippen LogP contribution in [0, 0.1) is 0 Å². The lowest BCUT2D eigenvalue weighted by Gasteiger charge is -2.24. The smallest absolute Gasteiger partial charge is 0.193 e. The molecule has 1 atom stereocenters. The number of hydrogen-bond donors (Lipinski definition) is 0. The molecule has 1 fully saturated rings. The normalized spacial score (nSPS) is 20.3. The van der Waals surface area contributed by atoms with Crippen LogP contribution < -0.4 is 0 Å². The maximum Gasteiger partial charge on any atom is 0.193 e. The first-order valence-electron chi connectivity index (χ1n) is 6.88. The maximum absolute atomic E-state index is 12.2. The first-order valence-corrected chi connectivity index (χ1v) is 6.88. The Morgan fingerprint density at radius 1 is 1.26 bits per heavy atom. The van der Waals surface area contributed by atoms with Crippen molar-refractivity contribution in [3.8, 4) is 0 Å². The summed E-state index contributed by atoms with van der Waals surface area (Å²) in [6.45, 7) is 8.03. The Kier molecular flexibility index (Phi) is 4.38. The molecule has 1 heterocycles. The van der Waals surface area contributed by atoms with E-state index in [1.54, 1.807) is 0 Å². The van der Waals surface area contributed by atoms with Gasteiger partial charge in [-0.1, -0.05) is 45.0 Å². The van der Waals surface area contributed by atoms with Crippen LogP contribution in [0.4, 0.5) is 0 Å². The average Bonchev–Trinajstić information content (AvgIpc) is 2.47. The Bertz CT molecular complexity index is 428. The fourth-order valence-corrected chi connectivity index (χ4v) is 2.11. The molecule has 1 unspecified atom stereocenters. The van der Waals surface area contributed by atoms with Crippen molar-refractivity contribution in [2.75, 3.05) is 19.8 Å². The molecule has 1 saturated heterocycles. The highest BCUT2D eigenvalue weighted by Crippen LogP contribution is 2.27. The van der Waals surface area contributed by atoms with E-state index in [2.05, 4.69) is 20.8 Å². The highest BCUT2D eigenvalue weighted by Gasteiger charge is 2.24. The third-order valence-electron chi connectivity index (χ3n) is 3.94. The van der Waals surface area contributed by atoms with Gasteiger partial charge < -0.3 is 9.47 Å². The van der Waals surface area contributed by atoms with Gasteiger partial charge in [-0.3, -0.25) is 4.79 Å². The zero-order valence-electron chi connectivity index (χ0n) is 11.9. The largest absolute Gasteiger partial charge is 0.376 e. The molecule has 0 radical (unpaired) electrons. The second kappa shape index (κ2) is 5.85. The van der Waals surface area contributed by atoms with Crippen LogP contribution in [0.2, 0.25) is 0 Å². The lowest BCUT2D eigenvalue weighted by atomic mass is 9.82. The molecule has 0 N–H and O–H groups in total. The maximum atomic E-state index is 12.2. The van der Waals surface area contributed by atoms with Crippen molar-refractivity contribution in [3.05, 3.63) is 35.4 Å². The average molecular weight is 262 g/mol. The lowest BCUT2D eigenvalue weighted by Crippen LogP contribution is -2.35. The van der Waals surface area contributed by atoms with Gasteiger partial charge in [0.25, 0.3) is 0 Å². The molecule has 104 valence electrons. The van der Waals surface area contributed by atoms with Gasteiger partial charge in [0, 0.05) is 5.56 Å². The Hall–Kier alpha value is -1.19. The molecule has 3 nitrogen and oxygen atoms in total. The molecule has 19 heavy (non-hydrogen) atoms. The molecule has 1 aliphatic heterocycles. The van der Waals surface area contributed by atoms with Crippen LogP contribution in [-0.2, 0) is 14.9 Å². The summed E-state index contributed by atoms with van der Waals surface area (Å²) in [6.07, 6.45) is 0.624. The Labute approximate surface area is 114 Å². The number of Topliss-reactive ketones (excluding diaryl/α,β-unsaturated/α-hetero) is 1. The van der Waals surface area contributed by atoms with Crippen LogP contribution in [0.5, 0.6) is 0 Å². The molecule has 3 heteroatoms. The zero-order chi connectivity index (χ0) is 13.9. The van der Waals surface area contributed by atoms with Gasteiger partial charge in [0.15, 0.2) is 5.78 Å². The second-order valence-corrected chi connectivity index (χ2v) is 5.61. The molecule has 1 aliphatic rings. The van der Waals surface area contributed by atoms with Crippen molar-refractivity contribution in [1.82, 2.24) is 0 Å². The fraction of sp³-hybridized carbons (Fsp3) is 0.562. The van der Waals surface area contributed by atoms with E-state index in [0.717, 1.165) is 6.42 Å². The molecule has 0 aliphatic carbocycles. The molecule has 2 rings (SSSR count). The molecule has 1 aromatic carbocycles. The van der Waals surface area contributed by atoms with Crippen molar-refractivity contribution in [1.29, 1.82) is 0 Å². The molecule has 0 aromatic heterocycles. The van der Waals surface area contributed by atoms with Crippen LogP contribution >= 0.6 is 0 Å². The molecular formula is C16H22O3. The number of ketones is 1. The van der Waals surface area contributed by atoms with Gasteiger partial charge in [0.2, 0.25) is 0 Å². The minimum atomic E-state index is -0.446. The van der Waals surface area contributed by atoms with Gasteiger partial charge in [0.05, 0.1) is 19.8 Å². The van der Waals surface area contributed by atoms with Crippen LogP contribution in [0.3, 0.4) is 0 Å². The van der Waals surface area contributed by atoms with Crippen LogP contribution in [-0.4, -0.2) is 31.7 Å². The van der Waals surface area contributed by atoms with Gasteiger partial charge in [-0.25, -0.2) is 0 Å². The Morgan fingerprint density at radius 2 is 1.95 bits per heavy atom. The molecule has 0 saturated carbocycles. The minimum Gasteiger partial charge on any atom is -0.376 e. The minimum absolute atomic E-state index is 0.0144. The monoisotopic (exact) mass is 262 g/mol. The van der Waals surface area contributed by atoms with E-state index < -0.39 is 6.10 Å². The Morgan fingerprint density at radius 3 is 2.47 bits per heavy atom. The van der Waals surface area contributed by atoms with E-state index in [1.165, 1.54) is 5.56 Å². The fourth-order valence-electron chi connectivity index (χ4n) is 2.11. The van der Waals surface area contributed by atoms with E-state index in [0.29, 0.717) is 25.4 Å². The topological polar surface area (TPSA) is 35.5 Å². The number of hydrogen-bond acceptors (Lipinski definition) is 3. The number of benzene rings is 1. The summed E-state index contributed by atoms with van der Waals surface area (Å²) >= 11 is 0. The van der Waals surface area contributed by atoms with Crippen molar-refractivity contribution in [2.45, 2.75) is 38.7 Å². The molecule has 0 bridgehead atoms. The van der Waals surface area contributed by atoms with E-state index in [4.69, 9.17) is 9.47 Å². The predicted octanol–water partition coefficient (Wildman–Crippen LogP) is 2.97. The highest BCUT2D eigenvalue weighted by molar-refractivity contribution is 5.99. The summed E-state index contributed by atoms with van der Waals surface area (Å²) < 4.78 is 10.7. The first-order chi connectivity index (χ1) is 9.04. The van der Waals surface area contributed by atoms with E-state index in [1.807, 2.05) is 24.3 Å². The van der Waals surface area contributed by atoms with Crippen LogP contribution in [0.15, 0.2) is 24.3 Å². The quantitative estimate of drug-likeness (QED) is 0.783. The molecule has 1 aromatic rings. The number of rotatable bonds is 4. The van der Waals surface area contributed by atoms with Gasteiger partial charge in [-0.2, -0.15) is 0 Å². The van der Waals surface area contributed by atoms with Gasteiger partial charge in [0.1, 0.15) is 6.10 Å². The standard InChI is InChI=1S/C16H22O3/c1-4-16(2,3)13-7-5-12(6-8-13)15(17)14-11-18-9-10-19-14/h5-8,14H,4,9-11H2,1-3H3. The molecule has 0 amide bonds. The second-order valence-electron chi connectivity index (χ2n) is 5.61. The predicted molar refractivity (Wildman–Crippen MR) is 74.6 cm³/mol. The van der Waals surface area contributed by atoms with E-state index in [9.17, 15) is 4.79 Å². The molecule has 0 spiro atoms. The summed E-state index contributed by atoms with van der Waals surface area (Å²) in [7, 11) is 0. The van der Waals surface area contributed by atoms with E-state index >= 15 is 0 Å².